The van der Waals surface area contributed by atoms with Crippen LogP contribution in [0.5, 0.6) is 0 Å². The van der Waals surface area contributed by atoms with Crippen molar-refractivity contribution in [1.29, 1.82) is 5.26 Å². The average Bonchev–Trinajstić information content (AvgIpc) is 2.86. The molecule has 2 N–H and O–H groups in total. The lowest BCUT2D eigenvalue weighted by Gasteiger charge is -2.21. The van der Waals surface area contributed by atoms with E-state index in [2.05, 4.69) is 6.07 Å². The normalized spacial score (nSPS) is 19.6. The predicted octanol–water partition coefficient (Wildman–Crippen LogP) is 2.11. The van der Waals surface area contributed by atoms with E-state index < -0.39 is 0 Å². The summed E-state index contributed by atoms with van der Waals surface area (Å²) in [7, 11) is 0. The Labute approximate surface area is 124 Å². The summed E-state index contributed by atoms with van der Waals surface area (Å²) in [5.41, 5.74) is 7.06. The maximum absolute atomic E-state index is 12.2. The summed E-state index contributed by atoms with van der Waals surface area (Å²) in [6.45, 7) is 0.668. The maximum atomic E-state index is 12.2. The molecule has 1 amide bonds. The van der Waals surface area contributed by atoms with Crippen molar-refractivity contribution in [1.82, 2.24) is 4.90 Å². The molecule has 1 heterocycles. The molecule has 5 heteroatoms. The summed E-state index contributed by atoms with van der Waals surface area (Å²) in [6, 6.07) is 9.14. The molecule has 0 bridgehead atoms. The fourth-order valence-electron chi connectivity index (χ4n) is 2.58. The molecule has 1 aromatic carbocycles. The van der Waals surface area contributed by atoms with E-state index in [4.69, 9.17) is 22.6 Å². The van der Waals surface area contributed by atoms with Gasteiger partial charge in [0.2, 0.25) is 5.91 Å². The third kappa shape index (κ3) is 3.72. The Morgan fingerprint density at radius 2 is 2.40 bits per heavy atom. The van der Waals surface area contributed by atoms with E-state index in [0.717, 1.165) is 18.4 Å². The quantitative estimate of drug-likeness (QED) is 0.923. The summed E-state index contributed by atoms with van der Waals surface area (Å²) in [6.07, 6.45) is 2.54. The number of halogens is 1. The van der Waals surface area contributed by atoms with Gasteiger partial charge in [-0.3, -0.25) is 4.79 Å². The topological polar surface area (TPSA) is 70.1 Å². The zero-order valence-electron chi connectivity index (χ0n) is 11.3. The third-order valence-electron chi connectivity index (χ3n) is 3.55. The first-order valence-electron chi connectivity index (χ1n) is 6.79. The van der Waals surface area contributed by atoms with E-state index in [1.165, 1.54) is 0 Å². The van der Waals surface area contributed by atoms with Gasteiger partial charge in [-0.15, -0.1) is 0 Å². The minimum Gasteiger partial charge on any atom is -0.327 e. The highest BCUT2D eigenvalue weighted by molar-refractivity contribution is 6.30. The van der Waals surface area contributed by atoms with Crippen LogP contribution in [-0.4, -0.2) is 29.4 Å². The summed E-state index contributed by atoms with van der Waals surface area (Å²) in [5.74, 6) is -0.0245. The highest BCUT2D eigenvalue weighted by Crippen LogP contribution is 2.18. The highest BCUT2D eigenvalue weighted by Gasteiger charge is 2.29. The highest BCUT2D eigenvalue weighted by atomic mass is 35.5. The fourth-order valence-corrected chi connectivity index (χ4v) is 2.79. The second kappa shape index (κ2) is 6.74. The molecule has 2 rings (SSSR count). The Kier molecular flexibility index (Phi) is 4.99. The van der Waals surface area contributed by atoms with Crippen LogP contribution in [0.2, 0.25) is 5.02 Å². The Hall–Kier alpha value is -1.57. The largest absolute Gasteiger partial charge is 0.327 e. The van der Waals surface area contributed by atoms with Crippen molar-refractivity contribution >= 4 is 17.5 Å². The molecule has 20 heavy (non-hydrogen) atoms. The van der Waals surface area contributed by atoms with Crippen molar-refractivity contribution in [3.63, 3.8) is 0 Å². The number of nitrogens with two attached hydrogens (primary N) is 1. The van der Waals surface area contributed by atoms with Gasteiger partial charge in [-0.2, -0.15) is 5.26 Å². The zero-order valence-corrected chi connectivity index (χ0v) is 12.0. The van der Waals surface area contributed by atoms with Crippen LogP contribution >= 0.6 is 11.6 Å². The van der Waals surface area contributed by atoms with Crippen molar-refractivity contribution in [3.8, 4) is 6.07 Å². The van der Waals surface area contributed by atoms with Gasteiger partial charge in [0.25, 0.3) is 0 Å². The first kappa shape index (κ1) is 14.8. The van der Waals surface area contributed by atoms with Crippen molar-refractivity contribution in [2.45, 2.75) is 37.8 Å². The third-order valence-corrected chi connectivity index (χ3v) is 3.78. The molecular formula is C15H18ClN3O. The number of carbonyl (C=O) groups excluding carboxylic acids is 1. The molecule has 2 atom stereocenters. The molecule has 1 fully saturated rings. The first-order valence-corrected chi connectivity index (χ1v) is 7.17. The molecule has 0 aromatic heterocycles. The zero-order chi connectivity index (χ0) is 14.5. The summed E-state index contributed by atoms with van der Waals surface area (Å²) in [5, 5.41) is 9.67. The van der Waals surface area contributed by atoms with Gasteiger partial charge in [-0.05, 0) is 37.0 Å². The van der Waals surface area contributed by atoms with E-state index >= 15 is 0 Å². The van der Waals surface area contributed by atoms with Crippen LogP contribution in [0.1, 0.15) is 24.8 Å². The molecule has 1 aromatic rings. The molecular weight excluding hydrogens is 274 g/mol. The average molecular weight is 292 g/mol. The van der Waals surface area contributed by atoms with Crippen molar-refractivity contribution in [2.75, 3.05) is 6.54 Å². The first-order chi connectivity index (χ1) is 9.60. The number of hydrogen-bond donors (Lipinski definition) is 1. The fraction of sp³-hybridized carbons (Fsp3) is 0.467. The van der Waals surface area contributed by atoms with Crippen LogP contribution in [0, 0.1) is 11.3 Å². The van der Waals surface area contributed by atoms with Crippen LogP contribution < -0.4 is 5.73 Å². The smallest absolute Gasteiger partial charge is 0.225 e. The van der Waals surface area contributed by atoms with Crippen LogP contribution in [-0.2, 0) is 11.2 Å². The van der Waals surface area contributed by atoms with Crippen molar-refractivity contribution in [2.24, 2.45) is 5.73 Å². The molecule has 0 saturated carbocycles. The molecule has 0 aliphatic carbocycles. The minimum absolute atomic E-state index is 0.0245. The SMILES string of the molecule is N#C[C@@H]1CCCN1C(=O)CC(N)Cc1cccc(Cl)c1. The number of nitriles is 1. The monoisotopic (exact) mass is 291 g/mol. The van der Waals surface area contributed by atoms with Crippen LogP contribution in [0.25, 0.3) is 0 Å². The van der Waals surface area contributed by atoms with Gasteiger partial charge >= 0.3 is 0 Å². The molecule has 1 unspecified atom stereocenters. The summed E-state index contributed by atoms with van der Waals surface area (Å²) >= 11 is 5.92. The number of likely N-dealkylation sites (tertiary alicyclic amines) is 1. The molecule has 0 radical (unpaired) electrons. The summed E-state index contributed by atoms with van der Waals surface area (Å²) in [4.78, 5) is 13.8. The molecule has 0 spiro atoms. The van der Waals surface area contributed by atoms with Gasteiger partial charge in [0.15, 0.2) is 0 Å². The number of benzene rings is 1. The Bertz CT molecular complexity index is 526. The Morgan fingerprint density at radius 3 is 3.10 bits per heavy atom. The summed E-state index contributed by atoms with van der Waals surface area (Å²) < 4.78 is 0. The molecule has 1 aliphatic rings. The number of hydrogen-bond acceptors (Lipinski definition) is 3. The predicted molar refractivity (Wildman–Crippen MR) is 78.1 cm³/mol. The molecule has 1 aliphatic heterocycles. The number of amides is 1. The number of rotatable bonds is 4. The van der Waals surface area contributed by atoms with Gasteiger partial charge < -0.3 is 10.6 Å². The Balaban J connectivity index is 1.90. The number of carbonyl (C=O) groups is 1. The van der Waals surface area contributed by atoms with Crippen molar-refractivity contribution < 1.29 is 4.79 Å². The number of nitrogens with zero attached hydrogens (tertiary/aromatic N) is 2. The lowest BCUT2D eigenvalue weighted by Crippen LogP contribution is -2.39. The maximum Gasteiger partial charge on any atom is 0.225 e. The molecule has 1 saturated heterocycles. The van der Waals surface area contributed by atoms with Gasteiger partial charge in [-0.1, -0.05) is 23.7 Å². The van der Waals surface area contributed by atoms with Gasteiger partial charge in [0.1, 0.15) is 6.04 Å². The molecule has 4 nitrogen and oxygen atoms in total. The van der Waals surface area contributed by atoms with Crippen LogP contribution in [0.3, 0.4) is 0 Å². The minimum atomic E-state index is -0.277. The lowest BCUT2D eigenvalue weighted by molar-refractivity contribution is -0.131. The van der Waals surface area contributed by atoms with Gasteiger partial charge in [-0.25, -0.2) is 0 Å². The Morgan fingerprint density at radius 1 is 1.60 bits per heavy atom. The standard InChI is InChI=1S/C15H18ClN3O/c16-12-4-1-3-11(7-12)8-13(18)9-15(20)19-6-2-5-14(19)10-17/h1,3-4,7,13-14H,2,5-6,8-9,18H2/t13?,14-/m0/s1. The van der Waals surface area contributed by atoms with Gasteiger partial charge in [0, 0.05) is 24.0 Å². The van der Waals surface area contributed by atoms with Crippen LogP contribution in [0.15, 0.2) is 24.3 Å². The van der Waals surface area contributed by atoms with E-state index in [1.807, 2.05) is 24.3 Å². The second-order valence-electron chi connectivity index (χ2n) is 5.17. The van der Waals surface area contributed by atoms with E-state index in [1.54, 1.807) is 4.90 Å². The molecule has 106 valence electrons. The van der Waals surface area contributed by atoms with E-state index in [0.29, 0.717) is 18.0 Å². The van der Waals surface area contributed by atoms with Crippen molar-refractivity contribution in [3.05, 3.63) is 34.9 Å². The second-order valence-corrected chi connectivity index (χ2v) is 5.61. The van der Waals surface area contributed by atoms with Gasteiger partial charge in [0.05, 0.1) is 6.07 Å². The van der Waals surface area contributed by atoms with Crippen LogP contribution in [0.4, 0.5) is 0 Å². The lowest BCUT2D eigenvalue weighted by atomic mass is 10.0. The van der Waals surface area contributed by atoms with E-state index in [-0.39, 0.29) is 24.4 Å². The van der Waals surface area contributed by atoms with E-state index in [9.17, 15) is 4.79 Å².